The molecule has 0 bridgehead atoms. The van der Waals surface area contributed by atoms with Crippen molar-refractivity contribution >= 4 is 37.7 Å². The average Bonchev–Trinajstić information content (AvgIpc) is 2.73. The van der Waals surface area contributed by atoms with Crippen molar-refractivity contribution in [2.75, 3.05) is 26.4 Å². The maximum Gasteiger partial charge on any atom is 0.362 e. The Kier molecular flexibility index (Phi) is 11.6. The van der Waals surface area contributed by atoms with Crippen LogP contribution in [0, 0.1) is 5.41 Å². The molecule has 0 spiro atoms. The van der Waals surface area contributed by atoms with Gasteiger partial charge in [-0.1, -0.05) is 26.8 Å². The zero-order valence-electron chi connectivity index (χ0n) is 21.0. The fraction of sp³-hybridized carbons (Fsp3) is 0.636. The first-order chi connectivity index (χ1) is 15.8. The number of nitrogens with one attached hydrogen (secondary N) is 1. The molecule has 10 nitrogen and oxygen atoms in total. The van der Waals surface area contributed by atoms with Crippen LogP contribution in [-0.4, -0.2) is 49.5 Å². The van der Waals surface area contributed by atoms with Crippen LogP contribution in [0.15, 0.2) is 18.2 Å². The highest BCUT2D eigenvalue weighted by Crippen LogP contribution is 2.53. The quantitative estimate of drug-likeness (QED) is 0.352. The largest absolute Gasteiger partial charge is 0.480 e. The van der Waals surface area contributed by atoms with E-state index in [9.17, 15) is 23.8 Å². The maximum absolute atomic E-state index is 13.7. The second kappa shape index (κ2) is 13.0. The molecular formula is C22H37NO9P2. The summed E-state index contributed by atoms with van der Waals surface area (Å²) in [6.07, 6.45) is -0.115. The van der Waals surface area contributed by atoms with E-state index in [1.54, 1.807) is 48.5 Å². The first kappa shape index (κ1) is 30.5. The van der Waals surface area contributed by atoms with Gasteiger partial charge in [-0.15, -0.1) is 0 Å². The minimum atomic E-state index is -3.97. The van der Waals surface area contributed by atoms with Crippen molar-refractivity contribution in [3.05, 3.63) is 23.8 Å². The Morgan fingerprint density at radius 1 is 0.882 bits per heavy atom. The molecule has 1 atom stereocenters. The second-order valence-electron chi connectivity index (χ2n) is 8.31. The SMILES string of the molecule is CCOP(=O)(OCC)c1ccc(CC(NC(=O)C(C)(C)C)C(=O)O)cc1P(=O)(OCC)OCC. The smallest absolute Gasteiger partial charge is 0.362 e. The predicted molar refractivity (Wildman–Crippen MR) is 130 cm³/mol. The van der Waals surface area contributed by atoms with Gasteiger partial charge in [-0.25, -0.2) is 4.79 Å². The highest BCUT2D eigenvalue weighted by atomic mass is 31.2. The average molecular weight is 521 g/mol. The minimum absolute atomic E-state index is 0.0229. The summed E-state index contributed by atoms with van der Waals surface area (Å²) in [5, 5.41) is 12.2. The summed E-state index contributed by atoms with van der Waals surface area (Å²) in [6, 6.07) is 3.14. The normalized spacial score (nSPS) is 13.5. The lowest BCUT2D eigenvalue weighted by Crippen LogP contribution is -2.47. The Labute approximate surface area is 201 Å². The van der Waals surface area contributed by atoms with Crippen LogP contribution >= 0.6 is 15.2 Å². The number of carbonyl (C=O) groups is 2. The summed E-state index contributed by atoms with van der Waals surface area (Å²) in [4.78, 5) is 24.2. The van der Waals surface area contributed by atoms with Crippen molar-refractivity contribution < 1.29 is 41.9 Å². The highest BCUT2D eigenvalue weighted by Gasteiger charge is 2.39. The van der Waals surface area contributed by atoms with Gasteiger partial charge in [0.1, 0.15) is 6.04 Å². The van der Waals surface area contributed by atoms with E-state index in [1.807, 2.05) is 0 Å². The van der Waals surface area contributed by atoms with Crippen molar-refractivity contribution in [3.63, 3.8) is 0 Å². The number of benzene rings is 1. The first-order valence-corrected chi connectivity index (χ1v) is 14.3. The molecule has 0 heterocycles. The highest BCUT2D eigenvalue weighted by molar-refractivity contribution is 7.68. The summed E-state index contributed by atoms with van der Waals surface area (Å²) in [5.74, 6) is -1.65. The third-order valence-corrected chi connectivity index (χ3v) is 9.06. The van der Waals surface area contributed by atoms with Gasteiger partial charge in [0, 0.05) is 11.8 Å². The maximum atomic E-state index is 13.7. The third kappa shape index (κ3) is 8.01. The van der Waals surface area contributed by atoms with Gasteiger partial charge in [0.2, 0.25) is 5.91 Å². The van der Waals surface area contributed by atoms with Crippen LogP contribution in [0.5, 0.6) is 0 Å². The summed E-state index contributed by atoms with van der Waals surface area (Å²) >= 11 is 0. The monoisotopic (exact) mass is 521 g/mol. The second-order valence-corrected chi connectivity index (χ2v) is 12.3. The molecule has 2 N–H and O–H groups in total. The third-order valence-electron chi connectivity index (χ3n) is 4.55. The number of hydrogen-bond donors (Lipinski definition) is 2. The number of rotatable bonds is 14. The fourth-order valence-corrected chi connectivity index (χ4v) is 7.07. The van der Waals surface area contributed by atoms with E-state index in [1.165, 1.54) is 18.2 Å². The minimum Gasteiger partial charge on any atom is -0.480 e. The lowest BCUT2D eigenvalue weighted by Gasteiger charge is -2.25. The predicted octanol–water partition coefficient (Wildman–Crippen LogP) is 3.63. The van der Waals surface area contributed by atoms with Crippen molar-refractivity contribution in [2.45, 2.75) is 60.9 Å². The fourth-order valence-electron chi connectivity index (χ4n) is 2.99. The first-order valence-electron chi connectivity index (χ1n) is 11.2. The number of carbonyl (C=O) groups excluding carboxylic acids is 1. The molecule has 0 aromatic heterocycles. The molecule has 0 radical (unpaired) electrons. The Morgan fingerprint density at radius 2 is 1.32 bits per heavy atom. The number of aliphatic carboxylic acids is 1. The molecule has 1 amide bonds. The van der Waals surface area contributed by atoms with E-state index >= 15 is 0 Å². The molecule has 1 aromatic rings. The van der Waals surface area contributed by atoms with Gasteiger partial charge < -0.3 is 28.5 Å². The van der Waals surface area contributed by atoms with E-state index in [0.717, 1.165) is 0 Å². The van der Waals surface area contributed by atoms with Gasteiger partial charge in [-0.05, 0) is 45.4 Å². The molecule has 1 rings (SSSR count). The molecule has 0 aliphatic rings. The number of carboxylic acid groups (broad SMARTS) is 1. The van der Waals surface area contributed by atoms with Crippen LogP contribution in [0.3, 0.4) is 0 Å². The Morgan fingerprint density at radius 3 is 1.71 bits per heavy atom. The van der Waals surface area contributed by atoms with Gasteiger partial charge in [0.25, 0.3) is 0 Å². The van der Waals surface area contributed by atoms with Gasteiger partial charge in [0.05, 0.1) is 37.0 Å². The van der Waals surface area contributed by atoms with Crippen LogP contribution in [0.1, 0.15) is 54.0 Å². The van der Waals surface area contributed by atoms with Crippen molar-refractivity contribution in [2.24, 2.45) is 5.41 Å². The molecule has 34 heavy (non-hydrogen) atoms. The molecule has 0 saturated heterocycles. The molecule has 12 heteroatoms. The molecule has 194 valence electrons. The molecule has 1 aromatic carbocycles. The van der Waals surface area contributed by atoms with Crippen LogP contribution in [0.4, 0.5) is 0 Å². The van der Waals surface area contributed by atoms with Crippen LogP contribution in [0.2, 0.25) is 0 Å². The summed E-state index contributed by atoms with van der Waals surface area (Å²) in [7, 11) is -7.86. The van der Waals surface area contributed by atoms with Crippen molar-refractivity contribution in [1.82, 2.24) is 5.32 Å². The summed E-state index contributed by atoms with van der Waals surface area (Å²) in [6.45, 7) is 11.9. The summed E-state index contributed by atoms with van der Waals surface area (Å²) in [5.41, 5.74) is -0.371. The number of amides is 1. The van der Waals surface area contributed by atoms with Gasteiger partial charge in [-0.2, -0.15) is 0 Å². The van der Waals surface area contributed by atoms with Crippen molar-refractivity contribution in [3.8, 4) is 0 Å². The molecule has 0 aliphatic heterocycles. The Bertz CT molecular complexity index is 923. The molecule has 1 unspecified atom stereocenters. The molecular weight excluding hydrogens is 484 g/mol. The van der Waals surface area contributed by atoms with Gasteiger partial charge in [0.15, 0.2) is 0 Å². The Hall–Kier alpha value is -1.54. The van der Waals surface area contributed by atoms with Crippen molar-refractivity contribution in [1.29, 1.82) is 0 Å². The standard InChI is InChI=1S/C22H37NO9P2/c1-8-29-33(27,30-9-2)18-13-12-16(15-19(18)34(28,31-10-3)32-11-4)14-17(20(24)25)23-21(26)22(5,6)7/h12-13,15,17H,8-11,14H2,1-7H3,(H,23,26)(H,24,25). The Balaban J connectivity index is 3.63. The van der Waals surface area contributed by atoms with E-state index in [-0.39, 0.29) is 43.5 Å². The van der Waals surface area contributed by atoms with Crippen LogP contribution in [-0.2, 0) is 43.2 Å². The van der Waals surface area contributed by atoms with Gasteiger partial charge in [-0.3, -0.25) is 13.9 Å². The van der Waals surface area contributed by atoms with E-state index < -0.39 is 38.5 Å². The van der Waals surface area contributed by atoms with E-state index in [4.69, 9.17) is 18.1 Å². The van der Waals surface area contributed by atoms with E-state index in [0.29, 0.717) is 5.56 Å². The number of carboxylic acids is 1. The van der Waals surface area contributed by atoms with Crippen LogP contribution in [0.25, 0.3) is 0 Å². The van der Waals surface area contributed by atoms with Crippen LogP contribution < -0.4 is 15.9 Å². The van der Waals surface area contributed by atoms with E-state index in [2.05, 4.69) is 5.32 Å². The molecule has 0 saturated carbocycles. The topological polar surface area (TPSA) is 137 Å². The zero-order valence-corrected chi connectivity index (χ0v) is 22.7. The molecule has 0 aliphatic carbocycles. The summed E-state index contributed by atoms with van der Waals surface area (Å²) < 4.78 is 49.1. The number of hydrogen-bond acceptors (Lipinski definition) is 8. The lowest BCUT2D eigenvalue weighted by molar-refractivity contribution is -0.143. The lowest BCUT2D eigenvalue weighted by atomic mass is 9.94. The van der Waals surface area contributed by atoms with Gasteiger partial charge >= 0.3 is 21.2 Å². The molecule has 0 fully saturated rings. The zero-order chi connectivity index (χ0) is 26.2.